The molecule has 166 valence electrons. The fourth-order valence-corrected chi connectivity index (χ4v) is 4.22. The van der Waals surface area contributed by atoms with Crippen LogP contribution in [-0.4, -0.2) is 44.7 Å². The number of pyridine rings is 1. The third-order valence-electron chi connectivity index (χ3n) is 5.97. The van der Waals surface area contributed by atoms with Crippen LogP contribution in [0.1, 0.15) is 43.2 Å². The molecule has 0 atom stereocenters. The van der Waals surface area contributed by atoms with Crippen LogP contribution >= 0.6 is 0 Å². The maximum absolute atomic E-state index is 13.4. The third-order valence-corrected chi connectivity index (χ3v) is 5.97. The van der Waals surface area contributed by atoms with Crippen LogP contribution in [0.15, 0.2) is 35.3 Å². The molecule has 2 amide bonds. The Labute approximate surface area is 184 Å². The number of aryl methyl sites for hydroxylation is 2. The van der Waals surface area contributed by atoms with Crippen LogP contribution in [0.4, 0.5) is 4.39 Å². The van der Waals surface area contributed by atoms with E-state index in [-0.39, 0.29) is 18.0 Å². The summed E-state index contributed by atoms with van der Waals surface area (Å²) in [4.78, 5) is 40.8. The molecular formula is C23H24FN5O3. The Morgan fingerprint density at radius 2 is 1.81 bits per heavy atom. The molecule has 3 aromatic rings. The SMILES string of the molecule is CNC(=O)c1c2c(cn(-c3ccc(F)cc3)c1=O)CN(C(=O)c1c(C)nn(C)c1C)CC2. The molecule has 4 rings (SSSR count). The van der Waals surface area contributed by atoms with Gasteiger partial charge in [0.25, 0.3) is 17.4 Å². The summed E-state index contributed by atoms with van der Waals surface area (Å²) in [6.07, 6.45) is 2.02. The Morgan fingerprint density at radius 1 is 1.12 bits per heavy atom. The zero-order valence-electron chi connectivity index (χ0n) is 18.4. The van der Waals surface area contributed by atoms with Gasteiger partial charge in [-0.1, -0.05) is 0 Å². The normalized spacial score (nSPS) is 13.1. The van der Waals surface area contributed by atoms with E-state index < -0.39 is 17.3 Å². The molecule has 1 aliphatic rings. The van der Waals surface area contributed by atoms with E-state index in [0.29, 0.717) is 41.0 Å². The second kappa shape index (κ2) is 8.07. The summed E-state index contributed by atoms with van der Waals surface area (Å²) in [6.45, 7) is 4.27. The average molecular weight is 437 g/mol. The molecule has 1 N–H and O–H groups in total. The van der Waals surface area contributed by atoms with E-state index in [2.05, 4.69) is 10.4 Å². The van der Waals surface area contributed by atoms with E-state index in [4.69, 9.17) is 0 Å². The fraction of sp³-hybridized carbons (Fsp3) is 0.304. The predicted molar refractivity (Wildman–Crippen MR) is 117 cm³/mol. The first-order chi connectivity index (χ1) is 15.2. The highest BCUT2D eigenvalue weighted by Gasteiger charge is 2.30. The Balaban J connectivity index is 1.81. The number of halogens is 1. The standard InChI is InChI=1S/C23H24FN5O3/c1-13-19(14(2)27(4)26-13)22(31)28-10-9-18-15(11-28)12-29(17-7-5-16(24)6-8-17)23(32)20(18)21(30)25-3/h5-8,12H,9-11H2,1-4H3,(H,25,30). The quantitative estimate of drug-likeness (QED) is 0.678. The molecule has 0 fully saturated rings. The second-order valence-electron chi connectivity index (χ2n) is 7.88. The first kappa shape index (κ1) is 21.5. The topological polar surface area (TPSA) is 89.2 Å². The summed E-state index contributed by atoms with van der Waals surface area (Å²) in [5.74, 6) is -1.05. The molecule has 0 spiro atoms. The number of rotatable bonds is 3. The Hall–Kier alpha value is -3.75. The van der Waals surface area contributed by atoms with E-state index in [1.54, 1.807) is 29.7 Å². The highest BCUT2D eigenvalue weighted by Crippen LogP contribution is 2.25. The van der Waals surface area contributed by atoms with Crippen molar-refractivity contribution in [1.29, 1.82) is 0 Å². The smallest absolute Gasteiger partial charge is 0.268 e. The van der Waals surface area contributed by atoms with Crippen molar-refractivity contribution in [3.8, 4) is 5.69 Å². The van der Waals surface area contributed by atoms with Crippen LogP contribution in [0, 0.1) is 19.7 Å². The Morgan fingerprint density at radius 3 is 2.41 bits per heavy atom. The van der Waals surface area contributed by atoms with Crippen molar-refractivity contribution in [2.75, 3.05) is 13.6 Å². The van der Waals surface area contributed by atoms with Crippen molar-refractivity contribution in [2.24, 2.45) is 7.05 Å². The van der Waals surface area contributed by atoms with Gasteiger partial charge in [-0.25, -0.2) is 4.39 Å². The summed E-state index contributed by atoms with van der Waals surface area (Å²) in [7, 11) is 3.26. The molecule has 3 heterocycles. The van der Waals surface area contributed by atoms with Crippen molar-refractivity contribution in [2.45, 2.75) is 26.8 Å². The van der Waals surface area contributed by atoms with Crippen LogP contribution in [0.2, 0.25) is 0 Å². The van der Waals surface area contributed by atoms with Crippen molar-refractivity contribution in [3.05, 3.63) is 80.3 Å². The lowest BCUT2D eigenvalue weighted by Crippen LogP contribution is -2.41. The van der Waals surface area contributed by atoms with E-state index in [1.165, 1.54) is 35.9 Å². The van der Waals surface area contributed by atoms with E-state index in [9.17, 15) is 18.8 Å². The van der Waals surface area contributed by atoms with Gasteiger partial charge in [0.2, 0.25) is 0 Å². The van der Waals surface area contributed by atoms with Gasteiger partial charge in [-0.2, -0.15) is 5.10 Å². The van der Waals surface area contributed by atoms with Gasteiger partial charge >= 0.3 is 0 Å². The van der Waals surface area contributed by atoms with Crippen molar-refractivity contribution in [3.63, 3.8) is 0 Å². The summed E-state index contributed by atoms with van der Waals surface area (Å²) in [5.41, 5.74) is 3.34. The molecular weight excluding hydrogens is 413 g/mol. The van der Waals surface area contributed by atoms with Crippen LogP contribution in [0.3, 0.4) is 0 Å². The lowest BCUT2D eigenvalue weighted by Gasteiger charge is -2.30. The number of benzene rings is 1. The number of carbonyl (C=O) groups excluding carboxylic acids is 2. The number of aromatic nitrogens is 3. The molecule has 1 aromatic carbocycles. The van der Waals surface area contributed by atoms with E-state index in [0.717, 1.165) is 5.69 Å². The summed E-state index contributed by atoms with van der Waals surface area (Å²) in [5, 5.41) is 6.87. The number of carbonyl (C=O) groups is 2. The number of hydrogen-bond donors (Lipinski definition) is 1. The van der Waals surface area contributed by atoms with Crippen molar-refractivity contribution >= 4 is 11.8 Å². The molecule has 0 saturated heterocycles. The number of fused-ring (bicyclic) bond motifs is 1. The molecule has 9 heteroatoms. The highest BCUT2D eigenvalue weighted by molar-refractivity contribution is 5.97. The Bertz CT molecular complexity index is 1290. The van der Waals surface area contributed by atoms with Crippen LogP contribution in [0.25, 0.3) is 5.69 Å². The lowest BCUT2D eigenvalue weighted by atomic mass is 9.95. The maximum atomic E-state index is 13.4. The van der Waals surface area contributed by atoms with Crippen LogP contribution in [0.5, 0.6) is 0 Å². The van der Waals surface area contributed by atoms with Gasteiger partial charge in [-0.05, 0) is 55.7 Å². The predicted octanol–water partition coefficient (Wildman–Crippen LogP) is 1.89. The number of nitrogens with zero attached hydrogens (tertiary/aromatic N) is 4. The molecule has 32 heavy (non-hydrogen) atoms. The van der Waals surface area contributed by atoms with Crippen molar-refractivity contribution in [1.82, 2.24) is 24.6 Å². The fourth-order valence-electron chi connectivity index (χ4n) is 4.22. The molecule has 2 aromatic heterocycles. The first-order valence-electron chi connectivity index (χ1n) is 10.3. The second-order valence-corrected chi connectivity index (χ2v) is 7.88. The largest absolute Gasteiger partial charge is 0.355 e. The summed E-state index contributed by atoms with van der Waals surface area (Å²) < 4.78 is 16.4. The van der Waals surface area contributed by atoms with Gasteiger partial charge in [0.15, 0.2) is 0 Å². The monoisotopic (exact) mass is 437 g/mol. The first-order valence-corrected chi connectivity index (χ1v) is 10.3. The molecule has 0 bridgehead atoms. The lowest BCUT2D eigenvalue weighted by molar-refractivity contribution is 0.0732. The third kappa shape index (κ3) is 3.49. The number of hydrogen-bond acceptors (Lipinski definition) is 4. The average Bonchev–Trinajstić information content (AvgIpc) is 3.03. The molecule has 0 saturated carbocycles. The number of amides is 2. The zero-order valence-corrected chi connectivity index (χ0v) is 18.4. The van der Waals surface area contributed by atoms with Gasteiger partial charge in [0, 0.05) is 44.8 Å². The van der Waals surface area contributed by atoms with Gasteiger partial charge in [-0.3, -0.25) is 23.6 Å². The minimum atomic E-state index is -0.485. The van der Waals surface area contributed by atoms with Crippen LogP contribution in [-0.2, 0) is 20.0 Å². The minimum absolute atomic E-state index is 0.0511. The maximum Gasteiger partial charge on any atom is 0.268 e. The van der Waals surface area contributed by atoms with E-state index >= 15 is 0 Å². The van der Waals surface area contributed by atoms with E-state index in [1.807, 2.05) is 6.92 Å². The van der Waals surface area contributed by atoms with Gasteiger partial charge < -0.3 is 10.2 Å². The summed E-state index contributed by atoms with van der Waals surface area (Å²) >= 11 is 0. The molecule has 8 nitrogen and oxygen atoms in total. The van der Waals surface area contributed by atoms with Gasteiger partial charge in [-0.15, -0.1) is 0 Å². The zero-order chi connectivity index (χ0) is 23.2. The molecule has 1 aliphatic heterocycles. The van der Waals surface area contributed by atoms with Gasteiger partial charge in [0.05, 0.1) is 11.3 Å². The van der Waals surface area contributed by atoms with Gasteiger partial charge in [0.1, 0.15) is 11.4 Å². The highest BCUT2D eigenvalue weighted by atomic mass is 19.1. The Kier molecular flexibility index (Phi) is 5.41. The molecule has 0 aliphatic carbocycles. The minimum Gasteiger partial charge on any atom is -0.355 e. The van der Waals surface area contributed by atoms with Crippen molar-refractivity contribution < 1.29 is 14.0 Å². The molecule has 0 radical (unpaired) electrons. The summed E-state index contributed by atoms with van der Waals surface area (Å²) in [6, 6.07) is 5.46. The number of nitrogens with one attached hydrogen (secondary N) is 1. The van der Waals surface area contributed by atoms with Crippen LogP contribution < -0.4 is 10.9 Å². The molecule has 0 unspecified atom stereocenters.